The van der Waals surface area contributed by atoms with Crippen molar-refractivity contribution in [2.24, 2.45) is 0 Å². The van der Waals surface area contributed by atoms with Crippen molar-refractivity contribution in [3.8, 4) is 5.75 Å². The molecule has 3 rings (SSSR count). The standard InChI is InChI=1S/C24H30N2O3/c1-17(2)29-22-12-8-7-11-21(22)26-24(28)19-15-13-18(14-16-19)23(27)25-20-9-5-3-4-6-10-20/h7-8,11-17,20H,3-6,9-10H2,1-2H3,(H,25,27)(H,26,28). The molecule has 0 unspecified atom stereocenters. The van der Waals surface area contributed by atoms with Crippen LogP contribution in [0.1, 0.15) is 73.1 Å². The second-order valence-electron chi connectivity index (χ2n) is 7.86. The van der Waals surface area contributed by atoms with Gasteiger partial charge in [0.05, 0.1) is 11.8 Å². The molecule has 0 radical (unpaired) electrons. The fraction of sp³-hybridized carbons (Fsp3) is 0.417. The first-order valence-electron chi connectivity index (χ1n) is 10.5. The van der Waals surface area contributed by atoms with Gasteiger partial charge in [0.1, 0.15) is 5.75 Å². The zero-order valence-electron chi connectivity index (χ0n) is 17.2. The van der Waals surface area contributed by atoms with Gasteiger partial charge < -0.3 is 15.4 Å². The van der Waals surface area contributed by atoms with Gasteiger partial charge in [0.2, 0.25) is 0 Å². The van der Waals surface area contributed by atoms with Gasteiger partial charge in [-0.2, -0.15) is 0 Å². The van der Waals surface area contributed by atoms with E-state index < -0.39 is 0 Å². The van der Waals surface area contributed by atoms with Crippen molar-refractivity contribution in [3.05, 3.63) is 59.7 Å². The molecule has 0 bridgehead atoms. The summed E-state index contributed by atoms with van der Waals surface area (Å²) in [6.07, 6.45) is 6.95. The fourth-order valence-electron chi connectivity index (χ4n) is 3.59. The summed E-state index contributed by atoms with van der Waals surface area (Å²) in [5, 5.41) is 6.02. The number of rotatable bonds is 6. The molecule has 5 heteroatoms. The molecule has 1 aliphatic carbocycles. The summed E-state index contributed by atoms with van der Waals surface area (Å²) >= 11 is 0. The molecule has 0 aliphatic heterocycles. The van der Waals surface area contributed by atoms with Gasteiger partial charge in [0.15, 0.2) is 0 Å². The van der Waals surface area contributed by atoms with E-state index in [0.717, 1.165) is 12.8 Å². The summed E-state index contributed by atoms with van der Waals surface area (Å²) in [5.74, 6) is 0.329. The van der Waals surface area contributed by atoms with E-state index in [-0.39, 0.29) is 24.0 Å². The molecule has 1 saturated carbocycles. The Morgan fingerprint density at radius 1 is 0.862 bits per heavy atom. The Bertz CT molecular complexity index is 822. The molecule has 29 heavy (non-hydrogen) atoms. The van der Waals surface area contributed by atoms with E-state index in [1.54, 1.807) is 24.3 Å². The van der Waals surface area contributed by atoms with Gasteiger partial charge in [-0.3, -0.25) is 9.59 Å². The van der Waals surface area contributed by atoms with Gasteiger partial charge in [0, 0.05) is 17.2 Å². The first kappa shape index (κ1) is 20.9. The molecule has 5 nitrogen and oxygen atoms in total. The topological polar surface area (TPSA) is 67.4 Å². The number of amides is 2. The van der Waals surface area contributed by atoms with E-state index in [2.05, 4.69) is 10.6 Å². The summed E-state index contributed by atoms with van der Waals surface area (Å²) in [6.45, 7) is 3.88. The van der Waals surface area contributed by atoms with Gasteiger partial charge in [-0.1, -0.05) is 37.8 Å². The quantitative estimate of drug-likeness (QED) is 0.664. The van der Waals surface area contributed by atoms with Crippen molar-refractivity contribution in [1.82, 2.24) is 5.32 Å². The van der Waals surface area contributed by atoms with E-state index in [9.17, 15) is 9.59 Å². The molecule has 0 aromatic heterocycles. The summed E-state index contributed by atoms with van der Waals surface area (Å²) in [7, 11) is 0. The maximum absolute atomic E-state index is 12.6. The van der Waals surface area contributed by atoms with Crippen LogP contribution in [-0.2, 0) is 0 Å². The molecule has 0 saturated heterocycles. The lowest BCUT2D eigenvalue weighted by atomic mass is 10.1. The number of para-hydroxylation sites is 2. The number of hydrogen-bond acceptors (Lipinski definition) is 3. The molecule has 2 amide bonds. The minimum atomic E-state index is -0.236. The van der Waals surface area contributed by atoms with Crippen LogP contribution in [0.2, 0.25) is 0 Å². The molecule has 0 spiro atoms. The van der Waals surface area contributed by atoms with E-state index in [4.69, 9.17) is 4.74 Å². The van der Waals surface area contributed by atoms with E-state index in [1.807, 2.05) is 38.1 Å². The van der Waals surface area contributed by atoms with E-state index in [0.29, 0.717) is 22.6 Å². The van der Waals surface area contributed by atoms with Gasteiger partial charge in [-0.15, -0.1) is 0 Å². The third-order valence-corrected chi connectivity index (χ3v) is 5.10. The average molecular weight is 395 g/mol. The van der Waals surface area contributed by atoms with Crippen molar-refractivity contribution in [3.63, 3.8) is 0 Å². The van der Waals surface area contributed by atoms with Gasteiger partial charge in [-0.05, 0) is 63.1 Å². The van der Waals surface area contributed by atoms with Gasteiger partial charge in [-0.25, -0.2) is 0 Å². The number of anilines is 1. The first-order chi connectivity index (χ1) is 14.0. The van der Waals surface area contributed by atoms with Crippen LogP contribution in [0.15, 0.2) is 48.5 Å². The second-order valence-corrected chi connectivity index (χ2v) is 7.86. The Balaban J connectivity index is 1.62. The smallest absolute Gasteiger partial charge is 0.255 e. The maximum atomic E-state index is 12.6. The Morgan fingerprint density at radius 3 is 2.07 bits per heavy atom. The van der Waals surface area contributed by atoms with E-state index in [1.165, 1.54) is 25.7 Å². The lowest BCUT2D eigenvalue weighted by Crippen LogP contribution is -2.34. The minimum absolute atomic E-state index is 0.0132. The van der Waals surface area contributed by atoms with Crippen LogP contribution in [0.25, 0.3) is 0 Å². The number of ether oxygens (including phenoxy) is 1. The molecule has 0 atom stereocenters. The van der Waals surface area contributed by atoms with Crippen LogP contribution in [0.3, 0.4) is 0 Å². The summed E-state index contributed by atoms with van der Waals surface area (Å²) in [4.78, 5) is 25.1. The van der Waals surface area contributed by atoms with Crippen molar-refractivity contribution >= 4 is 17.5 Å². The van der Waals surface area contributed by atoms with Crippen molar-refractivity contribution in [2.75, 3.05) is 5.32 Å². The van der Waals surface area contributed by atoms with Crippen LogP contribution < -0.4 is 15.4 Å². The molecule has 0 heterocycles. The number of nitrogens with one attached hydrogen (secondary N) is 2. The highest BCUT2D eigenvalue weighted by molar-refractivity contribution is 6.05. The van der Waals surface area contributed by atoms with E-state index >= 15 is 0 Å². The Kier molecular flexibility index (Phi) is 7.28. The Labute approximate surface area is 172 Å². The lowest BCUT2D eigenvalue weighted by molar-refractivity contribution is 0.0932. The monoisotopic (exact) mass is 394 g/mol. The van der Waals surface area contributed by atoms with Crippen molar-refractivity contribution < 1.29 is 14.3 Å². The molecule has 2 aromatic rings. The molecular formula is C24H30N2O3. The molecule has 2 N–H and O–H groups in total. The molecule has 154 valence electrons. The normalized spacial score (nSPS) is 14.9. The zero-order chi connectivity index (χ0) is 20.6. The molecular weight excluding hydrogens is 364 g/mol. The van der Waals surface area contributed by atoms with Gasteiger partial charge >= 0.3 is 0 Å². The number of hydrogen-bond donors (Lipinski definition) is 2. The second kappa shape index (κ2) is 10.1. The molecule has 1 fully saturated rings. The largest absolute Gasteiger partial charge is 0.489 e. The SMILES string of the molecule is CC(C)Oc1ccccc1NC(=O)c1ccc(C(=O)NC2CCCCCC2)cc1. The molecule has 2 aromatic carbocycles. The fourth-order valence-corrected chi connectivity index (χ4v) is 3.59. The highest BCUT2D eigenvalue weighted by Crippen LogP contribution is 2.25. The zero-order valence-corrected chi connectivity index (χ0v) is 17.2. The van der Waals surface area contributed by atoms with Crippen LogP contribution >= 0.6 is 0 Å². The highest BCUT2D eigenvalue weighted by Gasteiger charge is 2.16. The van der Waals surface area contributed by atoms with Crippen LogP contribution in [0.4, 0.5) is 5.69 Å². The predicted octanol–water partition coefficient (Wildman–Crippen LogP) is 5.18. The van der Waals surface area contributed by atoms with Crippen molar-refractivity contribution in [1.29, 1.82) is 0 Å². The predicted molar refractivity (Wildman–Crippen MR) is 116 cm³/mol. The van der Waals surface area contributed by atoms with Crippen LogP contribution in [-0.4, -0.2) is 24.0 Å². The first-order valence-corrected chi connectivity index (χ1v) is 10.5. The highest BCUT2D eigenvalue weighted by atomic mass is 16.5. The Morgan fingerprint density at radius 2 is 1.45 bits per heavy atom. The average Bonchev–Trinajstić information content (AvgIpc) is 2.98. The number of carbonyl (C=O) groups excluding carboxylic acids is 2. The van der Waals surface area contributed by atoms with Crippen LogP contribution in [0.5, 0.6) is 5.75 Å². The third-order valence-electron chi connectivity index (χ3n) is 5.10. The minimum Gasteiger partial charge on any atom is -0.489 e. The summed E-state index contributed by atoms with van der Waals surface area (Å²) in [6, 6.07) is 14.4. The van der Waals surface area contributed by atoms with Gasteiger partial charge in [0.25, 0.3) is 11.8 Å². The van der Waals surface area contributed by atoms with Crippen molar-refractivity contribution in [2.45, 2.75) is 64.5 Å². The Hall–Kier alpha value is -2.82. The number of benzene rings is 2. The molecule has 1 aliphatic rings. The maximum Gasteiger partial charge on any atom is 0.255 e. The number of carbonyl (C=O) groups is 2. The summed E-state index contributed by atoms with van der Waals surface area (Å²) in [5.41, 5.74) is 1.70. The lowest BCUT2D eigenvalue weighted by Gasteiger charge is -2.16. The van der Waals surface area contributed by atoms with Crippen LogP contribution in [0, 0.1) is 0 Å². The summed E-state index contributed by atoms with van der Waals surface area (Å²) < 4.78 is 5.75. The third kappa shape index (κ3) is 6.08.